The predicted molar refractivity (Wildman–Crippen MR) is 141 cm³/mol. The van der Waals surface area contributed by atoms with Gasteiger partial charge < -0.3 is 24.2 Å². The van der Waals surface area contributed by atoms with Crippen molar-refractivity contribution < 1.29 is 28.9 Å². The van der Waals surface area contributed by atoms with Crippen LogP contribution in [0.5, 0.6) is 11.5 Å². The Labute approximate surface area is 215 Å². The number of unbranched alkanes of at least 4 members (excludes halogenated alkanes) is 5. The van der Waals surface area contributed by atoms with Crippen molar-refractivity contribution in [3.05, 3.63) is 59.7 Å². The molecule has 0 aliphatic rings. The first-order chi connectivity index (χ1) is 17.4. The fourth-order valence-corrected chi connectivity index (χ4v) is 3.78. The average molecular weight is 500 g/mol. The summed E-state index contributed by atoms with van der Waals surface area (Å²) < 4.78 is 16.7. The third-order valence-corrected chi connectivity index (χ3v) is 5.88. The summed E-state index contributed by atoms with van der Waals surface area (Å²) in [6.45, 7) is 7.67. The van der Waals surface area contributed by atoms with Crippen molar-refractivity contribution in [2.75, 3.05) is 26.3 Å². The standard InChI is InChI=1S/C29H41NO6/c1-4-6-7-8-9-10-19-30(29(33)36-26-15-11-23(3)12-16-26)20-21-35-25-17-13-24(14-18-25)22-27(28(31)32)34-5-2/h11-18,27H,4-10,19-22H2,1-3H3,(H,31,32). The molecular formula is C29H41NO6. The van der Waals surface area contributed by atoms with E-state index < -0.39 is 12.1 Å². The van der Waals surface area contributed by atoms with Crippen molar-refractivity contribution in [2.24, 2.45) is 0 Å². The van der Waals surface area contributed by atoms with E-state index in [4.69, 9.17) is 14.2 Å². The number of aryl methyl sites for hydroxylation is 1. The summed E-state index contributed by atoms with van der Waals surface area (Å²) in [6.07, 6.45) is 5.90. The van der Waals surface area contributed by atoms with Gasteiger partial charge in [-0.15, -0.1) is 0 Å². The molecule has 7 nitrogen and oxygen atoms in total. The first-order valence-electron chi connectivity index (χ1n) is 13.0. The number of amides is 1. The van der Waals surface area contributed by atoms with Crippen LogP contribution >= 0.6 is 0 Å². The van der Waals surface area contributed by atoms with E-state index in [1.54, 1.807) is 24.0 Å². The van der Waals surface area contributed by atoms with E-state index in [1.165, 1.54) is 25.7 Å². The zero-order chi connectivity index (χ0) is 26.2. The second-order valence-corrected chi connectivity index (χ2v) is 8.91. The topological polar surface area (TPSA) is 85.3 Å². The van der Waals surface area contributed by atoms with Crippen molar-refractivity contribution in [1.29, 1.82) is 0 Å². The highest BCUT2D eigenvalue weighted by Crippen LogP contribution is 2.16. The van der Waals surface area contributed by atoms with Crippen LogP contribution in [-0.2, 0) is 16.0 Å². The van der Waals surface area contributed by atoms with Crippen molar-refractivity contribution in [3.8, 4) is 11.5 Å². The van der Waals surface area contributed by atoms with Gasteiger partial charge in [0.15, 0.2) is 6.10 Å². The fourth-order valence-electron chi connectivity index (χ4n) is 3.78. The Morgan fingerprint density at radius 3 is 2.14 bits per heavy atom. The number of aliphatic carboxylic acids is 1. The molecule has 2 aromatic rings. The van der Waals surface area contributed by atoms with Crippen molar-refractivity contribution in [3.63, 3.8) is 0 Å². The molecule has 0 bridgehead atoms. The normalized spacial score (nSPS) is 11.6. The van der Waals surface area contributed by atoms with E-state index in [1.807, 2.05) is 43.3 Å². The Balaban J connectivity index is 1.88. The van der Waals surface area contributed by atoms with Crippen LogP contribution in [0.25, 0.3) is 0 Å². The molecule has 0 heterocycles. The number of ether oxygens (including phenoxy) is 3. The Bertz CT molecular complexity index is 897. The average Bonchev–Trinajstić information content (AvgIpc) is 2.87. The van der Waals surface area contributed by atoms with Crippen LogP contribution in [0.3, 0.4) is 0 Å². The Kier molecular flexibility index (Phi) is 13.4. The molecule has 1 unspecified atom stereocenters. The van der Waals surface area contributed by atoms with E-state index in [0.29, 0.717) is 44.2 Å². The number of hydrogen-bond acceptors (Lipinski definition) is 5. The van der Waals surface area contributed by atoms with Crippen LogP contribution in [-0.4, -0.2) is 54.5 Å². The van der Waals surface area contributed by atoms with Crippen molar-refractivity contribution in [2.45, 2.75) is 71.8 Å². The summed E-state index contributed by atoms with van der Waals surface area (Å²) in [6, 6.07) is 14.7. The van der Waals surface area contributed by atoms with Crippen LogP contribution in [0.1, 0.15) is 63.5 Å². The molecule has 0 spiro atoms. The summed E-state index contributed by atoms with van der Waals surface area (Å²) >= 11 is 0. The summed E-state index contributed by atoms with van der Waals surface area (Å²) in [5, 5.41) is 9.26. The van der Waals surface area contributed by atoms with E-state index in [9.17, 15) is 14.7 Å². The second-order valence-electron chi connectivity index (χ2n) is 8.91. The van der Waals surface area contributed by atoms with Crippen LogP contribution in [0, 0.1) is 6.92 Å². The minimum Gasteiger partial charge on any atom is -0.492 e. The smallest absolute Gasteiger partial charge is 0.415 e. The number of carbonyl (C=O) groups excluding carboxylic acids is 1. The minimum atomic E-state index is -0.972. The van der Waals surface area contributed by atoms with Crippen LogP contribution in [0.15, 0.2) is 48.5 Å². The Morgan fingerprint density at radius 1 is 0.861 bits per heavy atom. The van der Waals surface area contributed by atoms with Gasteiger partial charge in [-0.2, -0.15) is 0 Å². The number of carboxylic acid groups (broad SMARTS) is 1. The summed E-state index contributed by atoms with van der Waals surface area (Å²) in [7, 11) is 0. The number of carbonyl (C=O) groups is 2. The summed E-state index contributed by atoms with van der Waals surface area (Å²) in [4.78, 5) is 25.9. The molecule has 7 heteroatoms. The lowest BCUT2D eigenvalue weighted by molar-refractivity contribution is -0.149. The van der Waals surface area contributed by atoms with Gasteiger partial charge in [0.2, 0.25) is 0 Å². The van der Waals surface area contributed by atoms with E-state index in [2.05, 4.69) is 6.92 Å². The maximum absolute atomic E-state index is 12.9. The Morgan fingerprint density at radius 2 is 1.50 bits per heavy atom. The van der Waals surface area contributed by atoms with Gasteiger partial charge in [0.25, 0.3) is 0 Å². The highest BCUT2D eigenvalue weighted by molar-refractivity contribution is 5.72. The monoisotopic (exact) mass is 499 g/mol. The minimum absolute atomic E-state index is 0.292. The third kappa shape index (κ3) is 11.1. The van der Waals surface area contributed by atoms with Crippen LogP contribution in [0.4, 0.5) is 4.79 Å². The Hall–Kier alpha value is -3.06. The van der Waals surface area contributed by atoms with Gasteiger partial charge in [-0.1, -0.05) is 68.9 Å². The van der Waals surface area contributed by atoms with E-state index >= 15 is 0 Å². The number of rotatable bonds is 17. The number of carboxylic acids is 1. The van der Waals surface area contributed by atoms with Gasteiger partial charge in [0.05, 0.1) is 6.54 Å². The van der Waals surface area contributed by atoms with Gasteiger partial charge in [-0.05, 0) is 50.1 Å². The molecule has 0 aliphatic heterocycles. The molecule has 36 heavy (non-hydrogen) atoms. The maximum atomic E-state index is 12.9. The SMILES string of the molecule is CCCCCCCCN(CCOc1ccc(CC(OCC)C(=O)O)cc1)C(=O)Oc1ccc(C)cc1. The van der Waals surface area contributed by atoms with Gasteiger partial charge in [-0.3, -0.25) is 0 Å². The first kappa shape index (κ1) is 29.2. The van der Waals surface area contributed by atoms with Gasteiger partial charge in [-0.25, -0.2) is 9.59 Å². The molecule has 0 aromatic heterocycles. The molecule has 198 valence electrons. The molecule has 0 fully saturated rings. The van der Waals surface area contributed by atoms with Gasteiger partial charge >= 0.3 is 12.1 Å². The highest BCUT2D eigenvalue weighted by atomic mass is 16.6. The quantitative estimate of drug-likeness (QED) is 0.258. The molecule has 0 radical (unpaired) electrons. The zero-order valence-electron chi connectivity index (χ0n) is 21.9. The first-order valence-corrected chi connectivity index (χ1v) is 13.0. The lowest BCUT2D eigenvalue weighted by Gasteiger charge is -2.22. The summed E-state index contributed by atoms with van der Waals surface area (Å²) in [5.41, 5.74) is 1.96. The van der Waals surface area contributed by atoms with Crippen molar-refractivity contribution >= 4 is 12.1 Å². The molecule has 2 rings (SSSR count). The lowest BCUT2D eigenvalue weighted by atomic mass is 10.1. The largest absolute Gasteiger partial charge is 0.492 e. The zero-order valence-corrected chi connectivity index (χ0v) is 21.9. The van der Waals surface area contributed by atoms with Gasteiger partial charge in [0.1, 0.15) is 18.1 Å². The molecule has 1 atom stereocenters. The summed E-state index contributed by atoms with van der Waals surface area (Å²) in [5.74, 6) is 0.218. The fraction of sp³-hybridized carbons (Fsp3) is 0.517. The molecule has 1 amide bonds. The molecule has 0 saturated heterocycles. The molecule has 2 aromatic carbocycles. The number of hydrogen-bond donors (Lipinski definition) is 1. The number of benzene rings is 2. The van der Waals surface area contributed by atoms with Gasteiger partial charge in [0, 0.05) is 19.6 Å². The lowest BCUT2D eigenvalue weighted by Crippen LogP contribution is -2.37. The third-order valence-electron chi connectivity index (χ3n) is 5.88. The molecule has 0 saturated carbocycles. The van der Waals surface area contributed by atoms with Crippen LogP contribution in [0.2, 0.25) is 0 Å². The van der Waals surface area contributed by atoms with Crippen molar-refractivity contribution in [1.82, 2.24) is 4.90 Å². The second kappa shape index (κ2) is 16.6. The molecule has 0 aliphatic carbocycles. The predicted octanol–water partition coefficient (Wildman–Crippen LogP) is 6.27. The maximum Gasteiger partial charge on any atom is 0.415 e. The van der Waals surface area contributed by atoms with E-state index in [0.717, 1.165) is 24.0 Å². The van der Waals surface area contributed by atoms with E-state index in [-0.39, 0.29) is 6.09 Å². The highest BCUT2D eigenvalue weighted by Gasteiger charge is 2.18. The molecule has 1 N–H and O–H groups in total. The molecular weight excluding hydrogens is 458 g/mol. The van der Waals surface area contributed by atoms with Crippen LogP contribution < -0.4 is 9.47 Å². The number of nitrogens with zero attached hydrogens (tertiary/aromatic N) is 1.